The van der Waals surface area contributed by atoms with Crippen molar-refractivity contribution in [3.63, 3.8) is 0 Å². The summed E-state index contributed by atoms with van der Waals surface area (Å²) < 4.78 is 5.94. The van der Waals surface area contributed by atoms with E-state index in [0.717, 1.165) is 22.7 Å². The van der Waals surface area contributed by atoms with Gasteiger partial charge in [0.1, 0.15) is 5.75 Å². The van der Waals surface area contributed by atoms with Crippen LogP contribution >= 0.6 is 0 Å². The number of fused-ring (bicyclic) bond motifs is 1. The van der Waals surface area contributed by atoms with E-state index in [-0.39, 0.29) is 5.91 Å². The average molecular weight is 276 g/mol. The molecule has 0 aliphatic carbocycles. The van der Waals surface area contributed by atoms with Crippen LogP contribution in [-0.4, -0.2) is 17.6 Å². The van der Waals surface area contributed by atoms with Gasteiger partial charge in [-0.3, -0.25) is 4.79 Å². The van der Waals surface area contributed by atoms with Crippen molar-refractivity contribution < 1.29 is 9.53 Å². The number of carbonyl (C=O) groups excluding carboxylic acids is 1. The number of hydrogen-bond donors (Lipinski definition) is 2. The lowest BCUT2D eigenvalue weighted by molar-refractivity contribution is -0.129. The normalized spacial score (nSPS) is 16.7. The predicted octanol–water partition coefficient (Wildman–Crippen LogP) is 3.74. The Hall–Kier alpha value is -1.71. The number of rotatable bonds is 3. The van der Waals surface area contributed by atoms with Crippen molar-refractivity contribution >= 4 is 17.3 Å². The molecule has 0 fully saturated rings. The van der Waals surface area contributed by atoms with Crippen LogP contribution in [0.5, 0.6) is 5.75 Å². The van der Waals surface area contributed by atoms with Crippen LogP contribution in [0.1, 0.15) is 53.0 Å². The summed E-state index contributed by atoms with van der Waals surface area (Å²) in [6.45, 7) is 12.0. The Kier molecular flexibility index (Phi) is 3.67. The van der Waals surface area contributed by atoms with Crippen LogP contribution in [0, 0.1) is 0 Å². The van der Waals surface area contributed by atoms with Crippen molar-refractivity contribution in [2.24, 2.45) is 0 Å². The highest BCUT2D eigenvalue weighted by Gasteiger charge is 2.37. The standard InChI is InChI=1S/C16H24N2O2/c1-9(2)12-7-11(17-10(3)4)8-13-14(12)20-16(5,6)15(19)18-13/h7-10,17H,1-6H3,(H,18,19). The molecule has 2 rings (SSSR count). The third kappa shape index (κ3) is 2.74. The molecule has 0 atom stereocenters. The van der Waals surface area contributed by atoms with Gasteiger partial charge >= 0.3 is 0 Å². The van der Waals surface area contributed by atoms with Gasteiger partial charge in [-0.25, -0.2) is 0 Å². The second-order valence-electron chi connectivity index (χ2n) is 6.46. The Balaban J connectivity index is 2.51. The lowest BCUT2D eigenvalue weighted by atomic mass is 9.97. The smallest absolute Gasteiger partial charge is 0.268 e. The molecular formula is C16H24N2O2. The third-order valence-corrected chi connectivity index (χ3v) is 3.35. The molecule has 0 saturated carbocycles. The van der Waals surface area contributed by atoms with Gasteiger partial charge in [0.2, 0.25) is 0 Å². The first kappa shape index (κ1) is 14.7. The van der Waals surface area contributed by atoms with Gasteiger partial charge in [0.25, 0.3) is 5.91 Å². The second-order valence-corrected chi connectivity index (χ2v) is 6.46. The molecular weight excluding hydrogens is 252 g/mol. The lowest BCUT2D eigenvalue weighted by Crippen LogP contribution is -2.46. The molecule has 0 bridgehead atoms. The Morgan fingerprint density at radius 3 is 2.40 bits per heavy atom. The maximum atomic E-state index is 12.0. The van der Waals surface area contributed by atoms with Gasteiger partial charge in [0.05, 0.1) is 5.69 Å². The lowest BCUT2D eigenvalue weighted by Gasteiger charge is -2.34. The highest BCUT2D eigenvalue weighted by atomic mass is 16.5. The molecule has 0 saturated heterocycles. The average Bonchev–Trinajstić information content (AvgIpc) is 2.29. The van der Waals surface area contributed by atoms with Crippen LogP contribution in [0.3, 0.4) is 0 Å². The van der Waals surface area contributed by atoms with Gasteiger partial charge in [-0.15, -0.1) is 0 Å². The molecule has 1 aliphatic heterocycles. The minimum absolute atomic E-state index is 0.110. The molecule has 1 amide bonds. The van der Waals surface area contributed by atoms with Crippen molar-refractivity contribution in [3.8, 4) is 5.75 Å². The summed E-state index contributed by atoms with van der Waals surface area (Å²) in [5.41, 5.74) is 2.04. The van der Waals surface area contributed by atoms with E-state index < -0.39 is 5.60 Å². The van der Waals surface area contributed by atoms with Crippen LogP contribution < -0.4 is 15.4 Å². The zero-order valence-corrected chi connectivity index (χ0v) is 13.1. The monoisotopic (exact) mass is 276 g/mol. The summed E-state index contributed by atoms with van der Waals surface area (Å²) in [6, 6.07) is 4.38. The third-order valence-electron chi connectivity index (χ3n) is 3.35. The molecule has 1 aromatic rings. The number of ether oxygens (including phenoxy) is 1. The molecule has 0 radical (unpaired) electrons. The molecule has 0 spiro atoms. The zero-order chi connectivity index (χ0) is 15.1. The molecule has 4 nitrogen and oxygen atoms in total. The number of amides is 1. The van der Waals surface area contributed by atoms with Crippen LogP contribution in [0.25, 0.3) is 0 Å². The highest BCUT2D eigenvalue weighted by Crippen LogP contribution is 2.42. The second kappa shape index (κ2) is 5.00. The van der Waals surface area contributed by atoms with Gasteiger partial charge in [-0.1, -0.05) is 13.8 Å². The largest absolute Gasteiger partial charge is 0.476 e. The van der Waals surface area contributed by atoms with Crippen LogP contribution in [0.4, 0.5) is 11.4 Å². The van der Waals surface area contributed by atoms with E-state index in [1.54, 1.807) is 13.8 Å². The van der Waals surface area contributed by atoms with E-state index >= 15 is 0 Å². The Bertz CT molecular complexity index is 534. The van der Waals surface area contributed by atoms with E-state index in [0.29, 0.717) is 12.0 Å². The van der Waals surface area contributed by atoms with E-state index in [1.165, 1.54) is 0 Å². The minimum atomic E-state index is -0.830. The van der Waals surface area contributed by atoms with Gasteiger partial charge in [0.15, 0.2) is 5.60 Å². The highest BCUT2D eigenvalue weighted by molar-refractivity contribution is 6.01. The zero-order valence-electron chi connectivity index (χ0n) is 13.1. The van der Waals surface area contributed by atoms with Crippen molar-refractivity contribution in [2.75, 3.05) is 10.6 Å². The number of anilines is 2. The maximum Gasteiger partial charge on any atom is 0.268 e. The summed E-state index contributed by atoms with van der Waals surface area (Å²) >= 11 is 0. The number of carbonyl (C=O) groups is 1. The van der Waals surface area contributed by atoms with E-state index in [2.05, 4.69) is 44.4 Å². The number of hydrogen-bond acceptors (Lipinski definition) is 3. The summed E-state index contributed by atoms with van der Waals surface area (Å²) in [4.78, 5) is 12.0. The van der Waals surface area contributed by atoms with Crippen molar-refractivity contribution in [1.82, 2.24) is 0 Å². The Labute approximate surface area is 120 Å². The fourth-order valence-corrected chi connectivity index (χ4v) is 2.28. The topological polar surface area (TPSA) is 50.4 Å². The maximum absolute atomic E-state index is 12.0. The first-order valence-electron chi connectivity index (χ1n) is 7.15. The molecule has 1 aliphatic rings. The minimum Gasteiger partial charge on any atom is -0.476 e. The summed E-state index contributed by atoms with van der Waals surface area (Å²) in [7, 11) is 0. The van der Waals surface area contributed by atoms with Gasteiger partial charge in [0, 0.05) is 17.3 Å². The first-order chi connectivity index (χ1) is 9.20. The molecule has 1 aromatic carbocycles. The van der Waals surface area contributed by atoms with E-state index in [4.69, 9.17) is 4.74 Å². The molecule has 20 heavy (non-hydrogen) atoms. The fourth-order valence-electron chi connectivity index (χ4n) is 2.28. The number of benzene rings is 1. The number of nitrogens with one attached hydrogen (secondary N) is 2. The van der Waals surface area contributed by atoms with E-state index in [1.807, 2.05) is 6.07 Å². The van der Waals surface area contributed by atoms with Crippen LogP contribution in [0.15, 0.2) is 12.1 Å². The Morgan fingerprint density at radius 2 is 1.85 bits per heavy atom. The fraction of sp³-hybridized carbons (Fsp3) is 0.562. The van der Waals surface area contributed by atoms with Crippen molar-refractivity contribution in [1.29, 1.82) is 0 Å². The van der Waals surface area contributed by atoms with Gasteiger partial charge in [-0.2, -0.15) is 0 Å². The van der Waals surface area contributed by atoms with Crippen molar-refractivity contribution in [2.45, 2.75) is 59.1 Å². The van der Waals surface area contributed by atoms with Crippen LogP contribution in [0.2, 0.25) is 0 Å². The van der Waals surface area contributed by atoms with E-state index in [9.17, 15) is 4.79 Å². The summed E-state index contributed by atoms with van der Waals surface area (Å²) in [5, 5.41) is 6.33. The van der Waals surface area contributed by atoms with Crippen molar-refractivity contribution in [3.05, 3.63) is 17.7 Å². The molecule has 2 N–H and O–H groups in total. The molecule has 0 unspecified atom stereocenters. The van der Waals surface area contributed by atoms with Gasteiger partial charge < -0.3 is 15.4 Å². The molecule has 4 heteroatoms. The van der Waals surface area contributed by atoms with Crippen LogP contribution in [-0.2, 0) is 4.79 Å². The predicted molar refractivity (Wildman–Crippen MR) is 82.6 cm³/mol. The molecule has 1 heterocycles. The SMILES string of the molecule is CC(C)Nc1cc2c(c(C(C)C)c1)OC(C)(C)C(=O)N2. The summed E-state index contributed by atoms with van der Waals surface area (Å²) in [5.74, 6) is 1.00. The molecule has 110 valence electrons. The molecule has 0 aromatic heterocycles. The summed E-state index contributed by atoms with van der Waals surface area (Å²) in [6.07, 6.45) is 0. The van der Waals surface area contributed by atoms with Gasteiger partial charge in [-0.05, 0) is 45.7 Å². The Morgan fingerprint density at radius 1 is 1.20 bits per heavy atom. The first-order valence-corrected chi connectivity index (χ1v) is 7.15. The quantitative estimate of drug-likeness (QED) is 0.884.